The molecule has 0 heterocycles. The van der Waals surface area contributed by atoms with E-state index in [-0.39, 0.29) is 12.7 Å². The second-order valence-electron chi connectivity index (χ2n) is 5.26. The number of nitrogens with zero attached hydrogens (tertiary/aromatic N) is 2. The van der Waals surface area contributed by atoms with E-state index in [0.717, 1.165) is 5.56 Å². The minimum atomic E-state index is -0.548. The van der Waals surface area contributed by atoms with Crippen LogP contribution in [0, 0.1) is 11.3 Å². The Morgan fingerprint density at radius 1 is 1.38 bits per heavy atom. The number of methoxy groups -OCH3 is 1. The van der Waals surface area contributed by atoms with Crippen molar-refractivity contribution in [2.75, 3.05) is 33.9 Å². The highest BCUT2D eigenvalue weighted by molar-refractivity contribution is 5.32. The van der Waals surface area contributed by atoms with Crippen molar-refractivity contribution >= 4 is 0 Å². The summed E-state index contributed by atoms with van der Waals surface area (Å²) in [7, 11) is 3.56. The minimum Gasteiger partial charge on any atom is -0.389 e. The van der Waals surface area contributed by atoms with Crippen LogP contribution in [-0.2, 0) is 16.0 Å². The molecule has 1 aromatic carbocycles. The second kappa shape index (κ2) is 9.48. The molecule has 0 spiro atoms. The predicted molar refractivity (Wildman–Crippen MR) is 80.8 cm³/mol. The third-order valence-corrected chi connectivity index (χ3v) is 3.01. The van der Waals surface area contributed by atoms with Crippen LogP contribution >= 0.6 is 0 Å². The van der Waals surface area contributed by atoms with Crippen LogP contribution in [0.1, 0.15) is 18.1 Å². The first kappa shape index (κ1) is 17.6. The highest BCUT2D eigenvalue weighted by atomic mass is 16.5. The number of hydrogen-bond donors (Lipinski definition) is 1. The van der Waals surface area contributed by atoms with Gasteiger partial charge in [0, 0.05) is 20.2 Å². The number of aliphatic hydroxyl groups excluding tert-OH is 1. The molecule has 0 saturated carbocycles. The molecule has 2 atom stereocenters. The van der Waals surface area contributed by atoms with Gasteiger partial charge in [0.05, 0.1) is 37.1 Å². The zero-order valence-corrected chi connectivity index (χ0v) is 13.0. The number of ether oxygens (including phenoxy) is 2. The van der Waals surface area contributed by atoms with Crippen molar-refractivity contribution < 1.29 is 14.6 Å². The zero-order chi connectivity index (χ0) is 15.7. The quantitative estimate of drug-likeness (QED) is 0.745. The highest BCUT2D eigenvalue weighted by Gasteiger charge is 2.11. The Labute approximate surface area is 126 Å². The van der Waals surface area contributed by atoms with Crippen LogP contribution in [0.3, 0.4) is 0 Å². The summed E-state index contributed by atoms with van der Waals surface area (Å²) in [4.78, 5) is 2.01. The Morgan fingerprint density at radius 2 is 2.14 bits per heavy atom. The van der Waals surface area contributed by atoms with E-state index in [9.17, 15) is 5.11 Å². The molecule has 1 aromatic rings. The van der Waals surface area contributed by atoms with Gasteiger partial charge in [-0.05, 0) is 31.7 Å². The van der Waals surface area contributed by atoms with Crippen LogP contribution in [0.5, 0.6) is 0 Å². The average molecular weight is 292 g/mol. The summed E-state index contributed by atoms with van der Waals surface area (Å²) in [6.45, 7) is 3.90. The van der Waals surface area contributed by atoms with Gasteiger partial charge >= 0.3 is 0 Å². The third-order valence-electron chi connectivity index (χ3n) is 3.01. The maximum absolute atomic E-state index is 9.96. The molecule has 0 aromatic heterocycles. The molecule has 5 heteroatoms. The summed E-state index contributed by atoms with van der Waals surface area (Å²) in [5, 5.41) is 18.8. The van der Waals surface area contributed by atoms with Gasteiger partial charge in [-0.3, -0.25) is 4.90 Å². The van der Waals surface area contributed by atoms with E-state index in [2.05, 4.69) is 6.07 Å². The van der Waals surface area contributed by atoms with E-state index in [4.69, 9.17) is 14.7 Å². The Bertz CT molecular complexity index is 459. The first-order valence-electron chi connectivity index (χ1n) is 7.01. The maximum atomic E-state index is 9.96. The first-order valence-corrected chi connectivity index (χ1v) is 7.01. The fourth-order valence-electron chi connectivity index (χ4n) is 2.09. The molecule has 2 unspecified atom stereocenters. The van der Waals surface area contributed by atoms with Crippen molar-refractivity contribution in [1.29, 1.82) is 5.26 Å². The Hall–Kier alpha value is -1.45. The van der Waals surface area contributed by atoms with E-state index >= 15 is 0 Å². The average Bonchev–Trinajstić information content (AvgIpc) is 2.45. The van der Waals surface area contributed by atoms with Crippen LogP contribution in [0.2, 0.25) is 0 Å². The molecular weight excluding hydrogens is 268 g/mol. The normalized spacial score (nSPS) is 13.9. The monoisotopic (exact) mass is 292 g/mol. The van der Waals surface area contributed by atoms with Crippen molar-refractivity contribution in [3.63, 3.8) is 0 Å². The molecule has 21 heavy (non-hydrogen) atoms. The predicted octanol–water partition coefficient (Wildman–Crippen LogP) is 1.40. The van der Waals surface area contributed by atoms with Gasteiger partial charge in [0.2, 0.25) is 0 Å². The first-order chi connectivity index (χ1) is 10.0. The molecular formula is C16H24N2O3. The summed E-state index contributed by atoms with van der Waals surface area (Å²) in [6, 6.07) is 9.61. The van der Waals surface area contributed by atoms with Crippen LogP contribution in [0.4, 0.5) is 0 Å². The molecule has 0 aliphatic carbocycles. The van der Waals surface area contributed by atoms with Gasteiger partial charge < -0.3 is 14.6 Å². The lowest BCUT2D eigenvalue weighted by molar-refractivity contribution is -0.0385. The Kier molecular flexibility index (Phi) is 7.95. The van der Waals surface area contributed by atoms with Crippen LogP contribution in [0.25, 0.3) is 0 Å². The smallest absolute Gasteiger partial charge is 0.0991 e. The lowest BCUT2D eigenvalue weighted by Gasteiger charge is -2.22. The van der Waals surface area contributed by atoms with E-state index in [0.29, 0.717) is 25.3 Å². The standard InChI is InChI=1S/C16H24N2O3/c1-13(11-20-3)21-12-16(19)10-18(2)9-15-6-4-5-14(7-15)8-17/h4-7,13,16,19H,9-12H2,1-3H3. The zero-order valence-electron chi connectivity index (χ0n) is 13.0. The van der Waals surface area contributed by atoms with Crippen LogP contribution < -0.4 is 0 Å². The van der Waals surface area contributed by atoms with Gasteiger partial charge in [0.15, 0.2) is 0 Å². The SMILES string of the molecule is COCC(C)OCC(O)CN(C)Cc1cccc(C#N)c1. The lowest BCUT2D eigenvalue weighted by Crippen LogP contribution is -2.33. The summed E-state index contributed by atoms with van der Waals surface area (Å²) in [5.41, 5.74) is 1.70. The molecule has 0 aliphatic heterocycles. The summed E-state index contributed by atoms with van der Waals surface area (Å²) < 4.78 is 10.5. The Morgan fingerprint density at radius 3 is 2.81 bits per heavy atom. The number of aliphatic hydroxyl groups is 1. The second-order valence-corrected chi connectivity index (χ2v) is 5.26. The maximum Gasteiger partial charge on any atom is 0.0991 e. The van der Waals surface area contributed by atoms with E-state index in [1.165, 1.54) is 0 Å². The molecule has 1 rings (SSSR count). The minimum absolute atomic E-state index is 0.0257. The van der Waals surface area contributed by atoms with Crippen LogP contribution in [0.15, 0.2) is 24.3 Å². The summed E-state index contributed by atoms with van der Waals surface area (Å²) >= 11 is 0. The van der Waals surface area contributed by atoms with Crippen molar-refractivity contribution in [3.05, 3.63) is 35.4 Å². The molecule has 0 radical (unpaired) electrons. The third kappa shape index (κ3) is 7.21. The molecule has 0 aliphatic rings. The van der Waals surface area contributed by atoms with Gasteiger partial charge in [-0.15, -0.1) is 0 Å². The van der Waals surface area contributed by atoms with Gasteiger partial charge in [-0.2, -0.15) is 5.26 Å². The van der Waals surface area contributed by atoms with E-state index in [1.54, 1.807) is 13.2 Å². The number of likely N-dealkylation sites (N-methyl/N-ethyl adjacent to an activating group) is 1. The molecule has 116 valence electrons. The fraction of sp³-hybridized carbons (Fsp3) is 0.562. The van der Waals surface area contributed by atoms with Crippen molar-refractivity contribution in [2.24, 2.45) is 0 Å². The largest absolute Gasteiger partial charge is 0.389 e. The van der Waals surface area contributed by atoms with Gasteiger partial charge in [0.1, 0.15) is 0 Å². The molecule has 0 fully saturated rings. The molecule has 1 N–H and O–H groups in total. The Balaban J connectivity index is 2.35. The number of rotatable bonds is 9. The van der Waals surface area contributed by atoms with E-state index in [1.807, 2.05) is 37.1 Å². The van der Waals surface area contributed by atoms with Crippen molar-refractivity contribution in [2.45, 2.75) is 25.7 Å². The topological polar surface area (TPSA) is 65.7 Å². The molecule has 0 saturated heterocycles. The van der Waals surface area contributed by atoms with Crippen molar-refractivity contribution in [3.8, 4) is 6.07 Å². The van der Waals surface area contributed by atoms with Gasteiger partial charge in [-0.25, -0.2) is 0 Å². The van der Waals surface area contributed by atoms with E-state index < -0.39 is 6.10 Å². The molecule has 0 amide bonds. The number of nitriles is 1. The summed E-state index contributed by atoms with van der Waals surface area (Å²) in [6.07, 6.45) is -0.573. The van der Waals surface area contributed by atoms with Crippen LogP contribution in [-0.4, -0.2) is 56.1 Å². The van der Waals surface area contributed by atoms with Crippen molar-refractivity contribution in [1.82, 2.24) is 4.90 Å². The lowest BCUT2D eigenvalue weighted by atomic mass is 10.1. The highest BCUT2D eigenvalue weighted by Crippen LogP contribution is 2.07. The number of benzene rings is 1. The summed E-state index contributed by atoms with van der Waals surface area (Å²) in [5.74, 6) is 0. The molecule has 5 nitrogen and oxygen atoms in total. The van der Waals surface area contributed by atoms with Gasteiger partial charge in [0.25, 0.3) is 0 Å². The molecule has 0 bridgehead atoms. The van der Waals surface area contributed by atoms with Gasteiger partial charge in [-0.1, -0.05) is 12.1 Å². The number of hydrogen-bond acceptors (Lipinski definition) is 5. The fourth-order valence-corrected chi connectivity index (χ4v) is 2.09.